The minimum absolute atomic E-state index is 0.0331. The molecule has 0 aliphatic heterocycles. The number of benzene rings is 1. The molecule has 0 aromatic heterocycles. The summed E-state index contributed by atoms with van der Waals surface area (Å²) in [6.45, 7) is 4.16. The van der Waals surface area contributed by atoms with E-state index in [1.807, 2.05) is 0 Å². The lowest BCUT2D eigenvalue weighted by molar-refractivity contribution is -0.387. The molecule has 1 aromatic rings. The quantitative estimate of drug-likeness (QED) is 0.332. The first-order valence-corrected chi connectivity index (χ1v) is 7.64. The minimum atomic E-state index is -0.467. The van der Waals surface area contributed by atoms with Gasteiger partial charge < -0.3 is 10.6 Å². The van der Waals surface area contributed by atoms with Crippen LogP contribution in [0.25, 0.3) is 0 Å². The van der Waals surface area contributed by atoms with Crippen molar-refractivity contribution < 1.29 is 9.72 Å². The molecule has 0 aliphatic carbocycles. The minimum Gasteiger partial charge on any atom is -0.351 e. The Kier molecular flexibility index (Phi) is 7.03. The van der Waals surface area contributed by atoms with E-state index >= 15 is 0 Å². The third-order valence-corrected chi connectivity index (χ3v) is 3.44. The van der Waals surface area contributed by atoms with Crippen molar-refractivity contribution in [2.75, 3.05) is 25.9 Å². The van der Waals surface area contributed by atoms with Crippen LogP contribution in [0.1, 0.15) is 23.7 Å². The Hall–Kier alpha value is -1.60. The van der Waals surface area contributed by atoms with Gasteiger partial charge in [-0.15, -0.1) is 11.8 Å². The maximum Gasteiger partial charge on any atom is 0.283 e. The first kappa shape index (κ1) is 16.5. The topological polar surface area (TPSA) is 84.3 Å². The molecule has 1 rings (SSSR count). The highest BCUT2D eigenvalue weighted by Crippen LogP contribution is 2.28. The van der Waals surface area contributed by atoms with E-state index in [2.05, 4.69) is 17.6 Å². The van der Waals surface area contributed by atoms with Crippen molar-refractivity contribution in [3.05, 3.63) is 33.9 Å². The van der Waals surface area contributed by atoms with Crippen molar-refractivity contribution in [1.82, 2.24) is 10.6 Å². The fourth-order valence-corrected chi connectivity index (χ4v) is 2.19. The highest BCUT2D eigenvalue weighted by Gasteiger charge is 2.16. The first-order chi connectivity index (χ1) is 9.60. The molecule has 1 amide bonds. The van der Waals surface area contributed by atoms with Crippen molar-refractivity contribution in [2.24, 2.45) is 0 Å². The molecule has 110 valence electrons. The van der Waals surface area contributed by atoms with E-state index in [-0.39, 0.29) is 11.6 Å². The van der Waals surface area contributed by atoms with Gasteiger partial charge >= 0.3 is 0 Å². The average Bonchev–Trinajstić information content (AvgIpc) is 2.46. The van der Waals surface area contributed by atoms with Crippen molar-refractivity contribution in [1.29, 1.82) is 0 Å². The van der Waals surface area contributed by atoms with Crippen LogP contribution < -0.4 is 10.6 Å². The standard InChI is InChI=1S/C13H19N3O3S/c1-3-6-14-7-8-15-13(17)10-4-5-12(20-2)11(9-10)16(18)19/h4-5,9,14H,3,6-8H2,1-2H3,(H,15,17). The Morgan fingerprint density at radius 1 is 1.35 bits per heavy atom. The summed E-state index contributed by atoms with van der Waals surface area (Å²) < 4.78 is 0. The Morgan fingerprint density at radius 2 is 2.10 bits per heavy atom. The maximum atomic E-state index is 11.9. The molecule has 0 atom stereocenters. The van der Waals surface area contributed by atoms with E-state index in [0.29, 0.717) is 23.5 Å². The molecule has 20 heavy (non-hydrogen) atoms. The fourth-order valence-electron chi connectivity index (χ4n) is 1.64. The summed E-state index contributed by atoms with van der Waals surface area (Å²) in [4.78, 5) is 22.9. The molecule has 0 saturated carbocycles. The summed E-state index contributed by atoms with van der Waals surface area (Å²) in [5.41, 5.74) is 0.277. The van der Waals surface area contributed by atoms with Gasteiger partial charge in [0, 0.05) is 24.7 Å². The average molecular weight is 297 g/mol. The van der Waals surface area contributed by atoms with Crippen LogP contribution in [0.2, 0.25) is 0 Å². The number of carbonyl (C=O) groups excluding carboxylic acids is 1. The number of nitro groups is 1. The molecule has 0 spiro atoms. The van der Waals surface area contributed by atoms with Crippen molar-refractivity contribution >= 4 is 23.4 Å². The third-order valence-electron chi connectivity index (χ3n) is 2.65. The van der Waals surface area contributed by atoms with Crippen LogP contribution in [-0.2, 0) is 0 Å². The SMILES string of the molecule is CCCNCCNC(=O)c1ccc(SC)c([N+](=O)[O-])c1. The number of amides is 1. The Labute approximate surface area is 122 Å². The van der Waals surface area contributed by atoms with Crippen molar-refractivity contribution in [2.45, 2.75) is 18.2 Å². The molecule has 7 heteroatoms. The van der Waals surface area contributed by atoms with Crippen LogP contribution in [0.15, 0.2) is 23.1 Å². The van der Waals surface area contributed by atoms with Crippen LogP contribution in [0.4, 0.5) is 5.69 Å². The van der Waals surface area contributed by atoms with Gasteiger partial charge in [-0.25, -0.2) is 0 Å². The summed E-state index contributed by atoms with van der Waals surface area (Å²) in [6, 6.07) is 4.53. The van der Waals surface area contributed by atoms with Gasteiger partial charge in [0.15, 0.2) is 0 Å². The van der Waals surface area contributed by atoms with E-state index in [1.165, 1.54) is 17.8 Å². The maximum absolute atomic E-state index is 11.9. The van der Waals surface area contributed by atoms with Crippen LogP contribution >= 0.6 is 11.8 Å². The number of nitrogens with one attached hydrogen (secondary N) is 2. The number of hydrogen-bond donors (Lipinski definition) is 2. The molecule has 2 N–H and O–H groups in total. The number of nitrogens with zero attached hydrogens (tertiary/aromatic N) is 1. The lowest BCUT2D eigenvalue weighted by Crippen LogP contribution is -2.32. The van der Waals surface area contributed by atoms with E-state index < -0.39 is 4.92 Å². The zero-order valence-electron chi connectivity index (χ0n) is 11.6. The number of thioether (sulfide) groups is 1. The molecule has 0 bridgehead atoms. The van der Waals surface area contributed by atoms with Crippen LogP contribution in [0.5, 0.6) is 0 Å². The molecule has 0 aliphatic rings. The van der Waals surface area contributed by atoms with Crippen molar-refractivity contribution in [3.8, 4) is 0 Å². The lowest BCUT2D eigenvalue weighted by atomic mass is 10.2. The second-order valence-corrected chi connectivity index (χ2v) is 5.00. The van der Waals surface area contributed by atoms with Gasteiger partial charge in [0.05, 0.1) is 9.82 Å². The largest absolute Gasteiger partial charge is 0.351 e. The molecule has 0 radical (unpaired) electrons. The predicted molar refractivity (Wildman–Crippen MR) is 80.4 cm³/mol. The van der Waals surface area contributed by atoms with Gasteiger partial charge in [-0.3, -0.25) is 14.9 Å². The Bertz CT molecular complexity index is 480. The monoisotopic (exact) mass is 297 g/mol. The zero-order valence-corrected chi connectivity index (χ0v) is 12.5. The van der Waals surface area contributed by atoms with Gasteiger partial charge in [-0.2, -0.15) is 0 Å². The van der Waals surface area contributed by atoms with Crippen LogP contribution in [0, 0.1) is 10.1 Å². The summed E-state index contributed by atoms with van der Waals surface area (Å²) in [5, 5.41) is 16.8. The van der Waals surface area contributed by atoms with E-state index in [1.54, 1.807) is 18.4 Å². The molecule has 0 saturated heterocycles. The summed E-state index contributed by atoms with van der Waals surface area (Å²) in [7, 11) is 0. The first-order valence-electron chi connectivity index (χ1n) is 6.41. The fraction of sp³-hybridized carbons (Fsp3) is 0.462. The number of rotatable bonds is 8. The van der Waals surface area contributed by atoms with E-state index in [9.17, 15) is 14.9 Å². The normalized spacial score (nSPS) is 10.3. The number of nitro benzene ring substituents is 1. The summed E-state index contributed by atoms with van der Waals surface area (Å²) >= 11 is 1.29. The van der Waals surface area contributed by atoms with Crippen LogP contribution in [0.3, 0.4) is 0 Å². The number of hydrogen-bond acceptors (Lipinski definition) is 5. The van der Waals surface area contributed by atoms with Gasteiger partial charge in [0.25, 0.3) is 11.6 Å². The molecular formula is C13H19N3O3S. The number of carbonyl (C=O) groups is 1. The van der Waals surface area contributed by atoms with Gasteiger partial charge in [0.1, 0.15) is 0 Å². The smallest absolute Gasteiger partial charge is 0.283 e. The second-order valence-electron chi connectivity index (χ2n) is 4.15. The van der Waals surface area contributed by atoms with Crippen molar-refractivity contribution in [3.63, 3.8) is 0 Å². The van der Waals surface area contributed by atoms with Gasteiger partial charge in [0.2, 0.25) is 0 Å². The summed E-state index contributed by atoms with van der Waals surface area (Å²) in [5.74, 6) is -0.293. The molecular weight excluding hydrogens is 278 g/mol. The van der Waals surface area contributed by atoms with Gasteiger partial charge in [-0.1, -0.05) is 6.92 Å². The lowest BCUT2D eigenvalue weighted by Gasteiger charge is -2.07. The molecule has 0 fully saturated rings. The van der Waals surface area contributed by atoms with Crippen LogP contribution in [-0.4, -0.2) is 36.7 Å². The molecule has 0 heterocycles. The van der Waals surface area contributed by atoms with E-state index in [4.69, 9.17) is 0 Å². The Balaban J connectivity index is 2.64. The zero-order chi connectivity index (χ0) is 15.0. The molecule has 1 aromatic carbocycles. The highest BCUT2D eigenvalue weighted by molar-refractivity contribution is 7.98. The van der Waals surface area contributed by atoms with Gasteiger partial charge in [-0.05, 0) is 31.4 Å². The van der Waals surface area contributed by atoms with E-state index in [0.717, 1.165) is 13.0 Å². The Morgan fingerprint density at radius 3 is 2.70 bits per heavy atom. The highest BCUT2D eigenvalue weighted by atomic mass is 32.2. The summed E-state index contributed by atoms with van der Waals surface area (Å²) in [6.07, 6.45) is 2.80. The molecule has 6 nitrogen and oxygen atoms in total. The third kappa shape index (κ3) is 4.82. The second kappa shape index (κ2) is 8.55. The predicted octanol–water partition coefficient (Wildman–Crippen LogP) is 2.05. The molecule has 0 unspecified atom stereocenters.